The van der Waals surface area contributed by atoms with Crippen molar-refractivity contribution in [2.24, 2.45) is 12.8 Å². The Bertz CT molecular complexity index is 321. The Kier molecular flexibility index (Phi) is 2.60. The molecule has 3 N–H and O–H groups in total. The second-order valence-electron chi connectivity index (χ2n) is 3.13. The predicted octanol–water partition coefficient (Wildman–Crippen LogP) is 0.734. The molecule has 0 aliphatic carbocycles. The van der Waals surface area contributed by atoms with Gasteiger partial charge in [-0.2, -0.15) is 13.2 Å². The van der Waals surface area contributed by atoms with E-state index in [-0.39, 0.29) is 5.56 Å². The highest BCUT2D eigenvalue weighted by Gasteiger charge is 2.54. The average Bonchev–Trinajstić information content (AvgIpc) is 2.48. The first-order chi connectivity index (χ1) is 6.31. The molecule has 0 unspecified atom stereocenters. The van der Waals surface area contributed by atoms with E-state index in [1.807, 2.05) is 0 Å². The molecule has 3 nitrogen and oxygen atoms in total. The predicted molar refractivity (Wildman–Crippen MR) is 44.4 cm³/mol. The molecule has 14 heavy (non-hydrogen) atoms. The second-order valence-corrected chi connectivity index (χ2v) is 3.13. The summed E-state index contributed by atoms with van der Waals surface area (Å²) in [5.74, 6) is 0. The molecular formula is C8H11F3N2O. The summed E-state index contributed by atoms with van der Waals surface area (Å²) in [6.45, 7) is -0.888. The van der Waals surface area contributed by atoms with E-state index in [9.17, 15) is 18.3 Å². The van der Waals surface area contributed by atoms with E-state index in [0.29, 0.717) is 0 Å². The lowest BCUT2D eigenvalue weighted by molar-refractivity contribution is -0.262. The molecule has 0 radical (unpaired) electrons. The van der Waals surface area contributed by atoms with Gasteiger partial charge in [0, 0.05) is 31.5 Å². The number of aryl methyl sites for hydroxylation is 1. The first-order valence-electron chi connectivity index (χ1n) is 3.93. The molecule has 1 aromatic heterocycles. The number of rotatable bonds is 2. The summed E-state index contributed by atoms with van der Waals surface area (Å²) in [4.78, 5) is 0. The molecule has 1 atom stereocenters. The van der Waals surface area contributed by atoms with Crippen LogP contribution in [0.1, 0.15) is 5.56 Å². The van der Waals surface area contributed by atoms with Crippen molar-refractivity contribution in [3.63, 3.8) is 0 Å². The Morgan fingerprint density at radius 3 is 2.36 bits per heavy atom. The van der Waals surface area contributed by atoms with Crippen molar-refractivity contribution >= 4 is 0 Å². The van der Waals surface area contributed by atoms with Gasteiger partial charge in [-0.05, 0) is 6.07 Å². The Morgan fingerprint density at radius 2 is 2.07 bits per heavy atom. The summed E-state index contributed by atoms with van der Waals surface area (Å²) in [5.41, 5.74) is 1.76. The third kappa shape index (κ3) is 1.62. The zero-order valence-corrected chi connectivity index (χ0v) is 7.54. The van der Waals surface area contributed by atoms with E-state index in [4.69, 9.17) is 5.73 Å². The van der Waals surface area contributed by atoms with Gasteiger partial charge in [0.25, 0.3) is 0 Å². The number of nitrogens with two attached hydrogens (primary N) is 1. The zero-order chi connectivity index (χ0) is 11.0. The van der Waals surface area contributed by atoms with Gasteiger partial charge in [-0.25, -0.2) is 0 Å². The molecule has 80 valence electrons. The fourth-order valence-electron chi connectivity index (χ4n) is 1.15. The number of hydrogen-bond donors (Lipinski definition) is 2. The van der Waals surface area contributed by atoms with Crippen molar-refractivity contribution in [2.45, 2.75) is 11.8 Å². The van der Waals surface area contributed by atoms with Crippen LogP contribution >= 0.6 is 0 Å². The zero-order valence-electron chi connectivity index (χ0n) is 7.54. The monoisotopic (exact) mass is 208 g/mol. The minimum Gasteiger partial charge on any atom is -0.375 e. The van der Waals surface area contributed by atoms with Crippen LogP contribution in [0.25, 0.3) is 0 Å². The maximum absolute atomic E-state index is 12.5. The molecule has 0 aliphatic rings. The van der Waals surface area contributed by atoms with Crippen molar-refractivity contribution in [1.29, 1.82) is 0 Å². The highest BCUT2D eigenvalue weighted by atomic mass is 19.4. The SMILES string of the molecule is Cn1ccc([C@](O)(CN)C(F)(F)F)c1. The third-order valence-electron chi connectivity index (χ3n) is 2.07. The fraction of sp³-hybridized carbons (Fsp3) is 0.500. The van der Waals surface area contributed by atoms with Crippen LogP contribution in [-0.4, -0.2) is 22.4 Å². The van der Waals surface area contributed by atoms with E-state index in [1.165, 1.54) is 23.0 Å². The van der Waals surface area contributed by atoms with Gasteiger partial charge >= 0.3 is 6.18 Å². The minimum absolute atomic E-state index is 0.241. The van der Waals surface area contributed by atoms with E-state index >= 15 is 0 Å². The fourth-order valence-corrected chi connectivity index (χ4v) is 1.15. The molecule has 0 saturated heterocycles. The van der Waals surface area contributed by atoms with Crippen molar-refractivity contribution < 1.29 is 18.3 Å². The summed E-state index contributed by atoms with van der Waals surface area (Å²) in [5, 5.41) is 9.38. The maximum Gasteiger partial charge on any atom is 0.422 e. The molecule has 1 rings (SSSR count). The smallest absolute Gasteiger partial charge is 0.375 e. The first kappa shape index (κ1) is 11.1. The van der Waals surface area contributed by atoms with Crippen LogP contribution in [0.3, 0.4) is 0 Å². The highest BCUT2D eigenvalue weighted by molar-refractivity contribution is 5.22. The molecule has 0 aliphatic heterocycles. The van der Waals surface area contributed by atoms with Crippen LogP contribution in [0.2, 0.25) is 0 Å². The van der Waals surface area contributed by atoms with Gasteiger partial charge in [0.1, 0.15) is 0 Å². The molecule has 0 aromatic carbocycles. The first-order valence-corrected chi connectivity index (χ1v) is 3.93. The van der Waals surface area contributed by atoms with Crippen LogP contribution in [0, 0.1) is 0 Å². The number of halogens is 3. The van der Waals surface area contributed by atoms with Crippen LogP contribution in [0.15, 0.2) is 18.5 Å². The minimum atomic E-state index is -4.76. The van der Waals surface area contributed by atoms with Crippen LogP contribution < -0.4 is 5.73 Å². The molecule has 0 fully saturated rings. The van der Waals surface area contributed by atoms with Gasteiger partial charge in [0.05, 0.1) is 0 Å². The largest absolute Gasteiger partial charge is 0.422 e. The van der Waals surface area contributed by atoms with Gasteiger partial charge in [-0.1, -0.05) is 0 Å². The molecule has 6 heteroatoms. The molecule has 0 spiro atoms. The Hall–Kier alpha value is -1.01. The van der Waals surface area contributed by atoms with Gasteiger partial charge in [0.2, 0.25) is 0 Å². The lowest BCUT2D eigenvalue weighted by Gasteiger charge is -2.28. The van der Waals surface area contributed by atoms with Gasteiger partial charge < -0.3 is 15.4 Å². The molecule has 1 aromatic rings. The number of nitrogens with zero attached hydrogens (tertiary/aromatic N) is 1. The standard InChI is InChI=1S/C8H11F3N2O/c1-13-3-2-6(4-13)7(14,5-12)8(9,10)11/h2-4,14H,5,12H2,1H3/t7-/m1/s1. The third-order valence-corrected chi connectivity index (χ3v) is 2.07. The lowest BCUT2D eigenvalue weighted by atomic mass is 9.96. The van der Waals surface area contributed by atoms with Gasteiger partial charge in [-0.3, -0.25) is 0 Å². The van der Waals surface area contributed by atoms with Gasteiger partial charge in [-0.15, -0.1) is 0 Å². The summed E-state index contributed by atoms with van der Waals surface area (Å²) in [7, 11) is 1.57. The summed E-state index contributed by atoms with van der Waals surface area (Å²) >= 11 is 0. The molecule has 1 heterocycles. The number of aromatic nitrogens is 1. The topological polar surface area (TPSA) is 51.2 Å². The number of hydrogen-bond acceptors (Lipinski definition) is 2. The van der Waals surface area contributed by atoms with E-state index in [2.05, 4.69) is 0 Å². The second kappa shape index (κ2) is 3.29. The molecular weight excluding hydrogens is 197 g/mol. The Morgan fingerprint density at radius 1 is 1.50 bits per heavy atom. The van der Waals surface area contributed by atoms with Crippen molar-refractivity contribution in [3.05, 3.63) is 24.0 Å². The van der Waals surface area contributed by atoms with Crippen molar-refractivity contribution in [2.75, 3.05) is 6.54 Å². The number of alkyl halides is 3. The average molecular weight is 208 g/mol. The Balaban J connectivity index is 3.14. The summed E-state index contributed by atoms with van der Waals surface area (Å²) in [6.07, 6.45) is -2.15. The normalized spacial score (nSPS) is 16.7. The molecule has 0 saturated carbocycles. The van der Waals surface area contributed by atoms with E-state index in [1.54, 1.807) is 7.05 Å². The number of aliphatic hydroxyl groups is 1. The van der Waals surface area contributed by atoms with Gasteiger partial charge in [0.15, 0.2) is 5.60 Å². The quantitative estimate of drug-likeness (QED) is 0.752. The molecule has 0 amide bonds. The van der Waals surface area contributed by atoms with E-state index in [0.717, 1.165) is 0 Å². The van der Waals surface area contributed by atoms with Crippen LogP contribution in [0.4, 0.5) is 13.2 Å². The van der Waals surface area contributed by atoms with Crippen LogP contribution in [-0.2, 0) is 12.6 Å². The maximum atomic E-state index is 12.5. The summed E-state index contributed by atoms with van der Waals surface area (Å²) < 4.78 is 38.8. The van der Waals surface area contributed by atoms with Crippen LogP contribution in [0.5, 0.6) is 0 Å². The van der Waals surface area contributed by atoms with E-state index < -0.39 is 18.3 Å². The van der Waals surface area contributed by atoms with Crippen molar-refractivity contribution in [3.8, 4) is 0 Å². The lowest BCUT2D eigenvalue weighted by Crippen LogP contribution is -2.48. The summed E-state index contributed by atoms with van der Waals surface area (Å²) in [6, 6.07) is 1.19. The van der Waals surface area contributed by atoms with Crippen molar-refractivity contribution in [1.82, 2.24) is 4.57 Å². The molecule has 0 bridgehead atoms. The Labute approximate surface area is 78.9 Å². The highest BCUT2D eigenvalue weighted by Crippen LogP contribution is 2.37.